The molecule has 0 aliphatic rings. The van der Waals surface area contributed by atoms with E-state index in [1.54, 1.807) is 0 Å². The number of phosphoric acid groups is 1. The third-order valence-electron chi connectivity index (χ3n) is 18.9. The monoisotopic (exact) mass is 1290 g/mol. The van der Waals surface area contributed by atoms with Crippen LogP contribution in [0.3, 0.4) is 0 Å². The summed E-state index contributed by atoms with van der Waals surface area (Å²) in [4.78, 5) is 25.7. The van der Waals surface area contributed by atoms with Gasteiger partial charge < -0.3 is 28.8 Å². The number of likely N-dealkylation sites (N-methyl/N-ethyl adjacent to an activating group) is 1. The van der Waals surface area contributed by atoms with Gasteiger partial charge in [0.05, 0.1) is 39.9 Å². The molecule has 0 aromatic heterocycles. The number of hydrogen-bond donors (Lipinski definition) is 2. The maximum absolute atomic E-state index is 13.1. The smallest absolute Gasteiger partial charge is 0.268 e. The molecule has 0 aromatic carbocycles. The average Bonchev–Trinajstić information content (AvgIpc) is 3.72. The standard InChI is InChI=1S/C81H159N2O6P/c1-6-8-10-12-14-16-18-20-22-24-26-28-30-32-34-36-37-38-39-40-41-42-43-44-45-47-49-51-53-55-57-59-61-63-65-67-69-71-73-75-81(85)82-79(78-89-90(86,87)88-77-76-83(3,4)5)80(84)74-72-70-68-66-64-62-60-58-56-54-52-50-48-46-35-33-31-29-27-25-23-21-19-17-15-13-11-9-7-2/h18,20,24,26,30,32,79-80,84H,6-17,19,21-23,25,27-29,31,33-78H2,1-5H3,(H-,82,85,86,87)/b20-18-,26-24-,32-30-. The molecule has 0 spiro atoms. The van der Waals surface area contributed by atoms with Gasteiger partial charge in [0, 0.05) is 6.42 Å². The zero-order chi connectivity index (χ0) is 65.5. The number of allylic oxidation sites excluding steroid dienone is 6. The van der Waals surface area contributed by atoms with E-state index in [0.717, 1.165) is 51.4 Å². The number of aliphatic hydroxyl groups is 1. The van der Waals surface area contributed by atoms with Gasteiger partial charge in [-0.2, -0.15) is 0 Å². The molecule has 0 aliphatic carbocycles. The van der Waals surface area contributed by atoms with Crippen molar-refractivity contribution in [3.8, 4) is 0 Å². The molecule has 534 valence electrons. The van der Waals surface area contributed by atoms with E-state index < -0.39 is 20.0 Å². The van der Waals surface area contributed by atoms with Crippen LogP contribution in [0.4, 0.5) is 0 Å². The Bertz CT molecular complexity index is 1560. The van der Waals surface area contributed by atoms with Gasteiger partial charge in [-0.3, -0.25) is 9.36 Å². The van der Waals surface area contributed by atoms with Crippen molar-refractivity contribution < 1.29 is 32.9 Å². The fourth-order valence-corrected chi connectivity index (χ4v) is 13.4. The number of phosphoric ester groups is 1. The average molecular weight is 1290 g/mol. The van der Waals surface area contributed by atoms with Crippen LogP contribution in [0.25, 0.3) is 0 Å². The van der Waals surface area contributed by atoms with Crippen LogP contribution >= 0.6 is 7.82 Å². The van der Waals surface area contributed by atoms with Crippen LogP contribution in [0, 0.1) is 0 Å². The number of rotatable bonds is 76. The molecule has 3 atom stereocenters. The fourth-order valence-electron chi connectivity index (χ4n) is 12.6. The molecule has 8 nitrogen and oxygen atoms in total. The first-order valence-electron chi connectivity index (χ1n) is 40.3. The van der Waals surface area contributed by atoms with Crippen LogP contribution in [0.5, 0.6) is 0 Å². The largest absolute Gasteiger partial charge is 0.756 e. The van der Waals surface area contributed by atoms with Crippen LogP contribution in [0.1, 0.15) is 425 Å². The molecule has 0 saturated heterocycles. The van der Waals surface area contributed by atoms with Crippen molar-refractivity contribution in [1.29, 1.82) is 0 Å². The lowest BCUT2D eigenvalue weighted by atomic mass is 10.0. The highest BCUT2D eigenvalue weighted by Gasteiger charge is 2.24. The van der Waals surface area contributed by atoms with Gasteiger partial charge in [0.25, 0.3) is 7.82 Å². The number of nitrogens with one attached hydrogen (secondary N) is 1. The number of aliphatic hydroxyl groups excluding tert-OH is 1. The summed E-state index contributed by atoms with van der Waals surface area (Å²) in [5.41, 5.74) is 0. The molecule has 1 amide bonds. The number of hydrogen-bond acceptors (Lipinski definition) is 6. The molecule has 0 heterocycles. The molecule has 0 rings (SSSR count). The van der Waals surface area contributed by atoms with E-state index >= 15 is 0 Å². The van der Waals surface area contributed by atoms with Gasteiger partial charge >= 0.3 is 0 Å². The number of nitrogens with zero attached hydrogens (tertiary/aromatic N) is 1. The molecule has 0 fully saturated rings. The van der Waals surface area contributed by atoms with Crippen LogP contribution in [-0.4, -0.2) is 68.5 Å². The first-order chi connectivity index (χ1) is 44.0. The quantitative estimate of drug-likeness (QED) is 0.0272. The molecule has 90 heavy (non-hydrogen) atoms. The van der Waals surface area contributed by atoms with E-state index in [-0.39, 0.29) is 19.1 Å². The van der Waals surface area contributed by atoms with E-state index in [9.17, 15) is 19.4 Å². The third kappa shape index (κ3) is 74.1. The summed E-state index contributed by atoms with van der Waals surface area (Å²) >= 11 is 0. The van der Waals surface area contributed by atoms with E-state index in [2.05, 4.69) is 55.6 Å². The maximum Gasteiger partial charge on any atom is 0.268 e. The molecule has 2 N–H and O–H groups in total. The molecule has 0 aromatic rings. The molecular weight excluding hydrogens is 1130 g/mol. The first-order valence-corrected chi connectivity index (χ1v) is 41.8. The first kappa shape index (κ1) is 88.7. The minimum atomic E-state index is -4.58. The summed E-state index contributed by atoms with van der Waals surface area (Å²) in [6.07, 6.45) is 97.0. The van der Waals surface area contributed by atoms with Crippen molar-refractivity contribution in [1.82, 2.24) is 5.32 Å². The predicted octanol–water partition coefficient (Wildman–Crippen LogP) is 25.7. The second kappa shape index (κ2) is 72.0. The Morgan fingerprint density at radius 1 is 0.389 bits per heavy atom. The Morgan fingerprint density at radius 3 is 0.933 bits per heavy atom. The van der Waals surface area contributed by atoms with E-state index in [1.165, 1.54) is 347 Å². The topological polar surface area (TPSA) is 108 Å². The van der Waals surface area contributed by atoms with Gasteiger partial charge in [0.1, 0.15) is 13.2 Å². The number of unbranched alkanes of at least 4 members (excludes halogenated alkanes) is 57. The SMILES string of the molecule is CCCCCCC/C=C\C/C=C\C/C=C\CCCCCCCCCCCCCCCCCCCCCCCCCCC(=O)NC(COP(=O)([O-])OCC[N+](C)(C)C)C(O)CCCCCCCCCCCCCCCCCCCCCCCCCCCCCCC. The van der Waals surface area contributed by atoms with Crippen molar-refractivity contribution in [3.05, 3.63) is 36.5 Å². The summed E-state index contributed by atoms with van der Waals surface area (Å²) < 4.78 is 23.6. The van der Waals surface area contributed by atoms with Crippen LogP contribution in [-0.2, 0) is 18.4 Å². The molecule has 0 bridgehead atoms. The highest BCUT2D eigenvalue weighted by molar-refractivity contribution is 7.45. The van der Waals surface area contributed by atoms with Crippen molar-refractivity contribution >= 4 is 13.7 Å². The minimum Gasteiger partial charge on any atom is -0.756 e. The van der Waals surface area contributed by atoms with Crippen LogP contribution in [0.2, 0.25) is 0 Å². The molecule has 3 unspecified atom stereocenters. The molecule has 0 saturated carbocycles. The number of amides is 1. The zero-order valence-corrected chi connectivity index (χ0v) is 62.3. The van der Waals surface area contributed by atoms with Gasteiger partial charge in [-0.25, -0.2) is 0 Å². The fraction of sp³-hybridized carbons (Fsp3) is 0.914. The lowest BCUT2D eigenvalue weighted by molar-refractivity contribution is -0.870. The Balaban J connectivity index is 3.90. The Kier molecular flexibility index (Phi) is 71.0. The lowest BCUT2D eigenvalue weighted by Crippen LogP contribution is -2.46. The van der Waals surface area contributed by atoms with Gasteiger partial charge in [-0.1, -0.05) is 403 Å². The highest BCUT2D eigenvalue weighted by atomic mass is 31.2. The molecule has 0 aliphatic heterocycles. The summed E-state index contributed by atoms with van der Waals surface area (Å²) in [6.45, 7) is 4.78. The zero-order valence-electron chi connectivity index (χ0n) is 61.4. The van der Waals surface area contributed by atoms with Crippen molar-refractivity contribution in [2.75, 3.05) is 40.9 Å². The van der Waals surface area contributed by atoms with E-state index in [1.807, 2.05) is 21.1 Å². The third-order valence-corrected chi connectivity index (χ3v) is 19.8. The number of carbonyl (C=O) groups excluding carboxylic acids is 1. The summed E-state index contributed by atoms with van der Waals surface area (Å²) in [5.74, 6) is -0.155. The van der Waals surface area contributed by atoms with Crippen LogP contribution in [0.15, 0.2) is 36.5 Å². The summed E-state index contributed by atoms with van der Waals surface area (Å²) in [5, 5.41) is 14.2. The van der Waals surface area contributed by atoms with Crippen molar-refractivity contribution in [2.45, 2.75) is 437 Å². The second-order valence-electron chi connectivity index (χ2n) is 29.1. The molecule has 0 radical (unpaired) electrons. The molecule has 9 heteroatoms. The van der Waals surface area contributed by atoms with E-state index in [4.69, 9.17) is 9.05 Å². The van der Waals surface area contributed by atoms with Gasteiger partial charge in [-0.15, -0.1) is 0 Å². The molecular formula is C81H159N2O6P. The second-order valence-corrected chi connectivity index (χ2v) is 30.5. The van der Waals surface area contributed by atoms with Gasteiger partial charge in [0.15, 0.2) is 0 Å². The van der Waals surface area contributed by atoms with Gasteiger partial charge in [-0.05, 0) is 51.4 Å². The lowest BCUT2D eigenvalue weighted by Gasteiger charge is -2.30. The minimum absolute atomic E-state index is 0.0151. The summed E-state index contributed by atoms with van der Waals surface area (Å²) in [7, 11) is 1.33. The maximum atomic E-state index is 13.1. The Hall–Kier alpha value is -1.28. The van der Waals surface area contributed by atoms with E-state index in [0.29, 0.717) is 23.9 Å². The van der Waals surface area contributed by atoms with Gasteiger partial charge in [0.2, 0.25) is 5.91 Å². The number of carbonyl (C=O) groups is 1. The van der Waals surface area contributed by atoms with Crippen molar-refractivity contribution in [3.63, 3.8) is 0 Å². The van der Waals surface area contributed by atoms with Crippen molar-refractivity contribution in [2.24, 2.45) is 0 Å². The predicted molar refractivity (Wildman–Crippen MR) is 395 cm³/mol. The van der Waals surface area contributed by atoms with Crippen LogP contribution < -0.4 is 10.2 Å². The Morgan fingerprint density at radius 2 is 0.644 bits per heavy atom. The number of quaternary nitrogens is 1. The summed E-state index contributed by atoms with van der Waals surface area (Å²) in [6, 6.07) is -0.801. The normalized spacial score (nSPS) is 13.6. The Labute approximate surface area is 563 Å². The highest BCUT2D eigenvalue weighted by Crippen LogP contribution is 2.38.